The van der Waals surface area contributed by atoms with Crippen molar-refractivity contribution in [2.45, 2.75) is 78.5 Å². The van der Waals surface area contributed by atoms with Crippen molar-refractivity contribution < 1.29 is 28.3 Å². The van der Waals surface area contributed by atoms with Gasteiger partial charge in [-0.15, -0.1) is 0 Å². The quantitative estimate of drug-likeness (QED) is 0.593. The zero-order valence-corrected chi connectivity index (χ0v) is 15.3. The van der Waals surface area contributed by atoms with Gasteiger partial charge in [0, 0.05) is 0 Å². The Morgan fingerprint density at radius 1 is 1.09 bits per heavy atom. The summed E-state index contributed by atoms with van der Waals surface area (Å²) in [6, 6.07) is -0.835. The molecule has 4 atom stereocenters. The third-order valence-corrected chi connectivity index (χ3v) is 5.60. The van der Waals surface area contributed by atoms with Crippen LogP contribution < -0.4 is 5.32 Å². The Morgan fingerprint density at radius 3 is 1.91 bits per heavy atom. The molecule has 0 aromatic heterocycles. The van der Waals surface area contributed by atoms with E-state index in [1.807, 2.05) is 13.8 Å². The number of amides is 1. The Hall–Kier alpha value is -0.620. The highest BCUT2D eigenvalue weighted by atomic mass is 31.2. The molecule has 0 saturated carbocycles. The molecule has 0 saturated heterocycles. The molecule has 8 heteroatoms. The maximum atomic E-state index is 12.9. The summed E-state index contributed by atoms with van der Waals surface area (Å²) in [5, 5.41) is 12.8. The zero-order valence-electron chi connectivity index (χ0n) is 14.4. The van der Waals surface area contributed by atoms with Crippen LogP contribution in [0.25, 0.3) is 0 Å². The third kappa shape index (κ3) is 7.09. The molecule has 0 aromatic carbocycles. The van der Waals surface area contributed by atoms with E-state index >= 15 is 0 Å². The smallest absolute Gasteiger partial charge is 0.407 e. The van der Waals surface area contributed by atoms with Gasteiger partial charge in [0.05, 0.1) is 24.9 Å². The van der Waals surface area contributed by atoms with Gasteiger partial charge in [-0.05, 0) is 40.5 Å². The first-order chi connectivity index (χ1) is 10.2. The monoisotopic (exact) mass is 339 g/mol. The molecule has 132 valence electrons. The van der Waals surface area contributed by atoms with Gasteiger partial charge in [0.1, 0.15) is 0 Å². The van der Waals surface area contributed by atoms with E-state index in [-0.39, 0.29) is 18.8 Å². The van der Waals surface area contributed by atoms with Crippen LogP contribution in [0.15, 0.2) is 0 Å². The molecule has 2 N–H and O–H groups in total. The first-order valence-electron chi connectivity index (χ1n) is 7.77. The van der Waals surface area contributed by atoms with Crippen molar-refractivity contribution >= 4 is 13.7 Å². The summed E-state index contributed by atoms with van der Waals surface area (Å²) >= 11 is 0. The normalized spacial score (nSPS) is 17.4. The van der Waals surface area contributed by atoms with E-state index in [4.69, 9.17) is 13.8 Å². The molecule has 0 rings (SSSR count). The zero-order chi connectivity index (χ0) is 17.3. The molecule has 0 aliphatic carbocycles. The number of aliphatic hydroxyl groups excluding tert-OH is 1. The van der Waals surface area contributed by atoms with Crippen molar-refractivity contribution in [2.75, 3.05) is 6.61 Å². The van der Waals surface area contributed by atoms with Gasteiger partial charge in [0.15, 0.2) is 5.85 Å². The molecule has 22 heavy (non-hydrogen) atoms. The molecule has 0 aromatic rings. The summed E-state index contributed by atoms with van der Waals surface area (Å²) in [7, 11) is -3.80. The maximum absolute atomic E-state index is 12.9. The Labute approximate surface area is 133 Å². The van der Waals surface area contributed by atoms with Gasteiger partial charge < -0.3 is 24.2 Å². The van der Waals surface area contributed by atoms with Crippen LogP contribution >= 0.6 is 7.60 Å². The second-order valence-corrected chi connectivity index (χ2v) is 7.29. The molecule has 0 heterocycles. The van der Waals surface area contributed by atoms with Crippen molar-refractivity contribution in [3.63, 3.8) is 0 Å². The first-order valence-corrected chi connectivity index (χ1v) is 9.39. The van der Waals surface area contributed by atoms with E-state index in [1.54, 1.807) is 20.8 Å². The Bertz CT molecular complexity index is 362. The molecule has 1 amide bonds. The number of rotatable bonds is 10. The molecule has 0 fully saturated rings. The summed E-state index contributed by atoms with van der Waals surface area (Å²) in [6.07, 6.45) is -0.105. The average Bonchev–Trinajstić information content (AvgIpc) is 2.45. The van der Waals surface area contributed by atoms with Gasteiger partial charge in [0.2, 0.25) is 0 Å². The fourth-order valence-corrected chi connectivity index (χ4v) is 3.73. The number of alkyl carbamates (subject to hydrolysis) is 1. The highest BCUT2D eigenvalue weighted by Crippen LogP contribution is 2.55. The van der Waals surface area contributed by atoms with Crippen molar-refractivity contribution in [3.05, 3.63) is 0 Å². The summed E-state index contributed by atoms with van der Waals surface area (Å²) < 4.78 is 28.6. The highest BCUT2D eigenvalue weighted by molar-refractivity contribution is 7.54. The van der Waals surface area contributed by atoms with E-state index < -0.39 is 25.6 Å². The fraction of sp³-hybridized carbons (Fsp3) is 0.929. The summed E-state index contributed by atoms with van der Waals surface area (Å²) in [5.74, 6) is -1.47. The predicted molar refractivity (Wildman–Crippen MR) is 84.9 cm³/mol. The lowest BCUT2D eigenvalue weighted by atomic mass is 10.3. The summed E-state index contributed by atoms with van der Waals surface area (Å²) in [5.41, 5.74) is 0. The van der Waals surface area contributed by atoms with Gasteiger partial charge in [-0.25, -0.2) is 4.79 Å². The first kappa shape index (κ1) is 21.4. The van der Waals surface area contributed by atoms with Gasteiger partial charge in [-0.3, -0.25) is 4.57 Å². The molecule has 0 aliphatic rings. The topological polar surface area (TPSA) is 94.1 Å². The lowest BCUT2D eigenvalue weighted by Gasteiger charge is -2.31. The molecule has 0 bridgehead atoms. The van der Waals surface area contributed by atoms with Gasteiger partial charge in [-0.2, -0.15) is 0 Å². The predicted octanol–water partition coefficient (Wildman–Crippen LogP) is 3.26. The molecule has 2 unspecified atom stereocenters. The number of carbonyl (C=O) groups is 1. The fourth-order valence-electron chi connectivity index (χ4n) is 1.51. The lowest BCUT2D eigenvalue weighted by Crippen LogP contribution is -2.42. The van der Waals surface area contributed by atoms with Crippen LogP contribution in [-0.2, 0) is 18.3 Å². The maximum Gasteiger partial charge on any atom is 0.407 e. The van der Waals surface area contributed by atoms with Crippen molar-refractivity contribution in [3.8, 4) is 0 Å². The number of hydrogen-bond acceptors (Lipinski definition) is 6. The van der Waals surface area contributed by atoms with Crippen molar-refractivity contribution in [2.24, 2.45) is 0 Å². The van der Waals surface area contributed by atoms with Crippen molar-refractivity contribution in [1.82, 2.24) is 5.32 Å². The van der Waals surface area contributed by atoms with E-state index in [0.717, 1.165) is 0 Å². The standard InChI is InChI=1S/C14H30NO6P/c1-7-10(4)20-22(18,21-11(5)8-2)13(16)12(6)15-14(17)19-9-3/h10-13,16H,7-9H2,1-6H3,(H,15,17)/t10-,11-,12?,13?/m0/s1. The third-order valence-electron chi connectivity index (χ3n) is 3.20. The second kappa shape index (κ2) is 10.2. The minimum absolute atomic E-state index is 0.207. The second-order valence-electron chi connectivity index (χ2n) is 5.26. The van der Waals surface area contributed by atoms with E-state index in [0.29, 0.717) is 12.8 Å². The molecular weight excluding hydrogens is 309 g/mol. The molecule has 7 nitrogen and oxygen atoms in total. The van der Waals surface area contributed by atoms with Crippen LogP contribution in [0.3, 0.4) is 0 Å². The van der Waals surface area contributed by atoms with Crippen LogP contribution in [0.4, 0.5) is 4.79 Å². The molecule has 0 spiro atoms. The van der Waals surface area contributed by atoms with Gasteiger partial charge in [-0.1, -0.05) is 13.8 Å². The van der Waals surface area contributed by atoms with Crippen LogP contribution in [0.5, 0.6) is 0 Å². The van der Waals surface area contributed by atoms with E-state index in [1.165, 1.54) is 6.92 Å². The Morgan fingerprint density at radius 2 is 1.55 bits per heavy atom. The lowest BCUT2D eigenvalue weighted by molar-refractivity contribution is 0.0761. The largest absolute Gasteiger partial charge is 0.450 e. The van der Waals surface area contributed by atoms with Crippen LogP contribution in [0, 0.1) is 0 Å². The minimum Gasteiger partial charge on any atom is -0.450 e. The van der Waals surface area contributed by atoms with Crippen LogP contribution in [0.1, 0.15) is 54.4 Å². The minimum atomic E-state index is -3.80. The Balaban J connectivity index is 5.05. The van der Waals surface area contributed by atoms with E-state index in [2.05, 4.69) is 5.32 Å². The number of carbonyl (C=O) groups excluding carboxylic acids is 1. The highest BCUT2D eigenvalue weighted by Gasteiger charge is 2.41. The SMILES string of the molecule is CCOC(=O)NC(C)C(O)P(=O)(O[C@@H](C)CC)O[C@@H](C)CC. The summed E-state index contributed by atoms with van der Waals surface area (Å²) in [6.45, 7) is 10.7. The number of hydrogen-bond donors (Lipinski definition) is 2. The molecular formula is C14H30NO6P. The number of nitrogens with one attached hydrogen (secondary N) is 1. The van der Waals surface area contributed by atoms with Crippen molar-refractivity contribution in [1.29, 1.82) is 0 Å². The van der Waals surface area contributed by atoms with E-state index in [9.17, 15) is 14.5 Å². The average molecular weight is 339 g/mol. The number of ether oxygens (including phenoxy) is 1. The van der Waals surface area contributed by atoms with Gasteiger partial charge in [0.25, 0.3) is 0 Å². The number of aliphatic hydroxyl groups is 1. The van der Waals surface area contributed by atoms with Crippen LogP contribution in [0.2, 0.25) is 0 Å². The summed E-state index contributed by atoms with van der Waals surface area (Å²) in [4.78, 5) is 11.4. The van der Waals surface area contributed by atoms with Crippen LogP contribution in [-0.4, -0.2) is 41.9 Å². The van der Waals surface area contributed by atoms with Gasteiger partial charge >= 0.3 is 13.7 Å². The molecule has 0 aliphatic heterocycles. The Kier molecular flexibility index (Phi) is 9.92. The molecule has 0 radical (unpaired) electrons.